The Kier molecular flexibility index (Phi) is 8.22. The van der Waals surface area contributed by atoms with Crippen LogP contribution in [0.25, 0.3) is 0 Å². The molecule has 4 atom stereocenters. The van der Waals surface area contributed by atoms with Crippen molar-refractivity contribution in [3.05, 3.63) is 53.4 Å². The number of aliphatic hydroxyl groups excluding tert-OH is 2. The van der Waals surface area contributed by atoms with Crippen LogP contribution in [-0.4, -0.2) is 74.3 Å². The fourth-order valence-electron chi connectivity index (χ4n) is 4.43. The van der Waals surface area contributed by atoms with E-state index in [2.05, 4.69) is 10.4 Å². The maximum Gasteiger partial charge on any atom is 0.251 e. The summed E-state index contributed by atoms with van der Waals surface area (Å²) in [5.74, 6) is -0.661. The van der Waals surface area contributed by atoms with Gasteiger partial charge in [-0.15, -0.1) is 0 Å². The highest BCUT2D eigenvalue weighted by Gasteiger charge is 2.41. The highest BCUT2D eigenvalue weighted by Crippen LogP contribution is 2.35. The van der Waals surface area contributed by atoms with Crippen LogP contribution in [0.1, 0.15) is 19.3 Å². The molecule has 36 heavy (non-hydrogen) atoms. The van der Waals surface area contributed by atoms with E-state index in [1.807, 2.05) is 0 Å². The first-order valence-corrected chi connectivity index (χ1v) is 12.0. The van der Waals surface area contributed by atoms with E-state index < -0.39 is 48.8 Å². The third kappa shape index (κ3) is 6.21. The monoisotopic (exact) mass is 524 g/mol. The average molecular weight is 525 g/mol. The number of ether oxygens (including phenoxy) is 1. The second-order valence-corrected chi connectivity index (χ2v) is 9.39. The first-order chi connectivity index (χ1) is 17.2. The molecule has 194 valence electrons. The van der Waals surface area contributed by atoms with Crippen LogP contribution in [0.3, 0.4) is 0 Å². The standard InChI is InChI=1S/C24H27ClF2N4O5/c25-17-3-1-2-4-21(17)36-16-10-23(34)31(12-16)20(9-14-7-18(26)19(27)8-14)24(35)28-22-5-6-30(29-22)11-15(33)13-32/h1-6,10,14-15,18-20,32-33H,7-9,11-13H2,(H,28,29,35)/t14?,15-,18?,19?,20?/m1/s1. The van der Waals surface area contributed by atoms with E-state index in [9.17, 15) is 23.5 Å². The Labute approximate surface area is 211 Å². The van der Waals surface area contributed by atoms with Crippen molar-refractivity contribution >= 4 is 29.2 Å². The summed E-state index contributed by atoms with van der Waals surface area (Å²) in [6, 6.07) is 7.22. The minimum absolute atomic E-state index is 0.0188. The Morgan fingerprint density at radius 2 is 1.97 bits per heavy atom. The number of hydrogen-bond donors (Lipinski definition) is 3. The number of para-hydroxylation sites is 1. The van der Waals surface area contributed by atoms with Gasteiger partial charge in [0.25, 0.3) is 5.91 Å². The third-order valence-corrected chi connectivity index (χ3v) is 6.53. The molecule has 3 unspecified atom stereocenters. The summed E-state index contributed by atoms with van der Waals surface area (Å²) in [4.78, 5) is 27.4. The largest absolute Gasteiger partial charge is 0.458 e. The summed E-state index contributed by atoms with van der Waals surface area (Å²) in [5, 5.41) is 25.7. The van der Waals surface area contributed by atoms with Crippen molar-refractivity contribution in [1.82, 2.24) is 14.7 Å². The number of benzene rings is 1. The van der Waals surface area contributed by atoms with Gasteiger partial charge < -0.3 is 25.2 Å². The van der Waals surface area contributed by atoms with Crippen molar-refractivity contribution in [3.8, 4) is 5.75 Å². The quantitative estimate of drug-likeness (QED) is 0.440. The smallest absolute Gasteiger partial charge is 0.251 e. The lowest BCUT2D eigenvalue weighted by Gasteiger charge is -2.29. The zero-order valence-corrected chi connectivity index (χ0v) is 20.0. The molecule has 2 aliphatic rings. The summed E-state index contributed by atoms with van der Waals surface area (Å²) >= 11 is 6.14. The van der Waals surface area contributed by atoms with Gasteiger partial charge in [0.2, 0.25) is 5.91 Å². The van der Waals surface area contributed by atoms with Crippen LogP contribution in [-0.2, 0) is 16.1 Å². The molecule has 1 fully saturated rings. The molecule has 0 bridgehead atoms. The van der Waals surface area contributed by atoms with E-state index in [0.717, 1.165) is 0 Å². The number of aliphatic hydroxyl groups is 2. The summed E-state index contributed by atoms with van der Waals surface area (Å²) in [6.45, 7) is -0.451. The van der Waals surface area contributed by atoms with Crippen molar-refractivity contribution in [2.75, 3.05) is 18.5 Å². The SMILES string of the molecule is O=C(Nc1ccn(C[C@@H](O)CO)n1)C(CC1CC(F)C(F)C1)N1CC(Oc2ccccc2Cl)=CC1=O. The predicted molar refractivity (Wildman–Crippen MR) is 127 cm³/mol. The van der Waals surface area contributed by atoms with E-state index in [4.69, 9.17) is 21.4 Å². The Morgan fingerprint density at radius 3 is 2.67 bits per heavy atom. The predicted octanol–water partition coefficient (Wildman–Crippen LogP) is 2.48. The molecule has 2 heterocycles. The van der Waals surface area contributed by atoms with Gasteiger partial charge >= 0.3 is 0 Å². The summed E-state index contributed by atoms with van der Waals surface area (Å²) in [6.07, 6.45) is -1.43. The van der Waals surface area contributed by atoms with Gasteiger partial charge in [-0.25, -0.2) is 8.78 Å². The second-order valence-electron chi connectivity index (χ2n) is 8.98. The Hall–Kier alpha value is -3.02. The lowest BCUT2D eigenvalue weighted by atomic mass is 9.96. The molecule has 0 spiro atoms. The molecule has 1 aliphatic heterocycles. The highest BCUT2D eigenvalue weighted by molar-refractivity contribution is 6.32. The van der Waals surface area contributed by atoms with Crippen LogP contribution in [0, 0.1) is 5.92 Å². The lowest BCUT2D eigenvalue weighted by molar-refractivity contribution is -0.134. The van der Waals surface area contributed by atoms with E-state index in [1.165, 1.54) is 27.9 Å². The number of amides is 2. The van der Waals surface area contributed by atoms with Gasteiger partial charge in [0, 0.05) is 18.3 Å². The summed E-state index contributed by atoms with van der Waals surface area (Å²) in [5.41, 5.74) is 0. The van der Waals surface area contributed by atoms with Gasteiger partial charge in [-0.3, -0.25) is 14.3 Å². The molecule has 2 aromatic rings. The molecule has 2 amide bonds. The van der Waals surface area contributed by atoms with Crippen LogP contribution in [0.4, 0.5) is 14.6 Å². The molecule has 1 aromatic heterocycles. The fourth-order valence-corrected chi connectivity index (χ4v) is 4.61. The number of hydrogen-bond acceptors (Lipinski definition) is 6. The molecular weight excluding hydrogens is 498 g/mol. The van der Waals surface area contributed by atoms with Crippen LogP contribution in [0.5, 0.6) is 5.75 Å². The van der Waals surface area contributed by atoms with Gasteiger partial charge in [0.1, 0.15) is 29.9 Å². The van der Waals surface area contributed by atoms with Crippen LogP contribution in [0.15, 0.2) is 48.4 Å². The van der Waals surface area contributed by atoms with E-state index >= 15 is 0 Å². The second kappa shape index (κ2) is 11.4. The number of nitrogens with zero attached hydrogens (tertiary/aromatic N) is 3. The molecule has 0 radical (unpaired) electrons. The number of nitrogens with one attached hydrogen (secondary N) is 1. The number of aromatic nitrogens is 2. The zero-order valence-electron chi connectivity index (χ0n) is 19.3. The molecule has 0 saturated heterocycles. The van der Waals surface area contributed by atoms with Crippen molar-refractivity contribution in [3.63, 3.8) is 0 Å². The third-order valence-electron chi connectivity index (χ3n) is 6.22. The van der Waals surface area contributed by atoms with Crippen LogP contribution in [0.2, 0.25) is 5.02 Å². The number of alkyl halides is 2. The first kappa shape index (κ1) is 26.1. The van der Waals surface area contributed by atoms with Crippen molar-refractivity contribution in [2.45, 2.75) is 50.3 Å². The fraction of sp³-hybridized carbons (Fsp3) is 0.458. The van der Waals surface area contributed by atoms with Crippen molar-refractivity contribution in [1.29, 1.82) is 0 Å². The maximum atomic E-state index is 13.8. The summed E-state index contributed by atoms with van der Waals surface area (Å²) in [7, 11) is 0. The molecule has 1 aliphatic carbocycles. The zero-order chi connectivity index (χ0) is 25.8. The van der Waals surface area contributed by atoms with Gasteiger partial charge in [0.15, 0.2) is 5.82 Å². The number of carbonyl (C=O) groups excluding carboxylic acids is 2. The minimum Gasteiger partial charge on any atom is -0.458 e. The molecule has 12 heteroatoms. The van der Waals surface area contributed by atoms with Crippen molar-refractivity contribution < 1.29 is 33.3 Å². The normalized spacial score (nSPS) is 23.5. The van der Waals surface area contributed by atoms with E-state index in [1.54, 1.807) is 24.3 Å². The van der Waals surface area contributed by atoms with Gasteiger partial charge in [0.05, 0.1) is 30.8 Å². The molecular formula is C24H27ClF2N4O5. The first-order valence-electron chi connectivity index (χ1n) is 11.6. The van der Waals surface area contributed by atoms with E-state index in [0.29, 0.717) is 10.8 Å². The number of halogens is 3. The molecule has 4 rings (SSSR count). The molecule has 3 N–H and O–H groups in total. The van der Waals surface area contributed by atoms with Crippen LogP contribution >= 0.6 is 11.6 Å². The molecule has 1 aromatic carbocycles. The molecule has 1 saturated carbocycles. The molecule has 9 nitrogen and oxygen atoms in total. The minimum atomic E-state index is -1.60. The highest BCUT2D eigenvalue weighted by atomic mass is 35.5. The van der Waals surface area contributed by atoms with Gasteiger partial charge in [-0.2, -0.15) is 5.10 Å². The van der Waals surface area contributed by atoms with Gasteiger partial charge in [-0.1, -0.05) is 23.7 Å². The maximum absolute atomic E-state index is 13.8. The van der Waals surface area contributed by atoms with Crippen molar-refractivity contribution in [2.24, 2.45) is 5.92 Å². The topological polar surface area (TPSA) is 117 Å². The Bertz CT molecular complexity index is 1120. The lowest BCUT2D eigenvalue weighted by Crippen LogP contribution is -2.46. The number of anilines is 1. The average Bonchev–Trinajstić information content (AvgIpc) is 3.52. The Morgan fingerprint density at radius 1 is 1.25 bits per heavy atom. The summed E-state index contributed by atoms with van der Waals surface area (Å²) < 4.78 is 34.8. The number of rotatable bonds is 10. The number of carbonyl (C=O) groups is 2. The van der Waals surface area contributed by atoms with E-state index in [-0.39, 0.29) is 43.9 Å². The van der Waals surface area contributed by atoms with Crippen LogP contribution < -0.4 is 10.1 Å². The van der Waals surface area contributed by atoms with Gasteiger partial charge in [-0.05, 0) is 37.3 Å². The Balaban J connectivity index is 1.48.